The summed E-state index contributed by atoms with van der Waals surface area (Å²) in [6.45, 7) is 1.39. The number of aryl methyl sites for hydroxylation is 1. The first kappa shape index (κ1) is 21.9. The molecular formula is C22H21FN2O3S2. The molecule has 0 aromatic heterocycles. The Kier molecular flexibility index (Phi) is 6.79. The van der Waals surface area contributed by atoms with Crippen LogP contribution in [0.4, 0.5) is 15.8 Å². The first-order chi connectivity index (χ1) is 14.3. The second-order valence-electron chi connectivity index (χ2n) is 6.55. The van der Waals surface area contributed by atoms with E-state index in [-0.39, 0.29) is 10.6 Å². The fourth-order valence-electron chi connectivity index (χ4n) is 2.78. The van der Waals surface area contributed by atoms with Crippen LogP contribution in [0.2, 0.25) is 0 Å². The van der Waals surface area contributed by atoms with Crippen molar-refractivity contribution in [2.24, 2.45) is 0 Å². The van der Waals surface area contributed by atoms with Crippen LogP contribution in [0, 0.1) is 12.7 Å². The van der Waals surface area contributed by atoms with E-state index in [9.17, 15) is 17.6 Å². The van der Waals surface area contributed by atoms with E-state index in [1.807, 2.05) is 13.2 Å². The van der Waals surface area contributed by atoms with Crippen LogP contribution >= 0.6 is 11.8 Å². The van der Waals surface area contributed by atoms with Crippen molar-refractivity contribution in [2.75, 3.05) is 22.4 Å². The van der Waals surface area contributed by atoms with Crippen molar-refractivity contribution in [3.63, 3.8) is 0 Å². The maximum absolute atomic E-state index is 13.9. The molecule has 0 atom stereocenters. The van der Waals surface area contributed by atoms with Crippen LogP contribution in [0.3, 0.4) is 0 Å². The van der Waals surface area contributed by atoms with Crippen LogP contribution in [0.5, 0.6) is 0 Å². The molecule has 5 nitrogen and oxygen atoms in total. The molecule has 0 saturated heterocycles. The Morgan fingerprint density at radius 3 is 2.23 bits per heavy atom. The third-order valence-electron chi connectivity index (χ3n) is 4.40. The molecule has 8 heteroatoms. The van der Waals surface area contributed by atoms with Gasteiger partial charge in [-0.2, -0.15) is 0 Å². The van der Waals surface area contributed by atoms with Gasteiger partial charge >= 0.3 is 0 Å². The lowest BCUT2D eigenvalue weighted by Crippen LogP contribution is -2.38. The molecule has 0 fully saturated rings. The van der Waals surface area contributed by atoms with E-state index in [1.54, 1.807) is 42.5 Å². The molecule has 0 unspecified atom stereocenters. The average Bonchev–Trinajstić information content (AvgIpc) is 2.74. The van der Waals surface area contributed by atoms with E-state index in [4.69, 9.17) is 0 Å². The predicted octanol–water partition coefficient (Wildman–Crippen LogP) is 4.69. The lowest BCUT2D eigenvalue weighted by Gasteiger charge is -2.24. The number of hydrogen-bond acceptors (Lipinski definition) is 4. The number of halogens is 1. The smallest absolute Gasteiger partial charge is 0.264 e. The van der Waals surface area contributed by atoms with Gasteiger partial charge in [-0.05, 0) is 61.7 Å². The molecule has 156 valence electrons. The van der Waals surface area contributed by atoms with Gasteiger partial charge in [0.1, 0.15) is 12.4 Å². The first-order valence-corrected chi connectivity index (χ1v) is 11.8. The molecule has 0 aliphatic rings. The summed E-state index contributed by atoms with van der Waals surface area (Å²) >= 11 is 1.50. The largest absolute Gasteiger partial charge is 0.322 e. The number of sulfonamides is 1. The van der Waals surface area contributed by atoms with Gasteiger partial charge in [0.05, 0.1) is 16.3 Å². The number of nitrogens with one attached hydrogen (secondary N) is 1. The summed E-state index contributed by atoms with van der Waals surface area (Å²) in [4.78, 5) is 13.6. The van der Waals surface area contributed by atoms with Gasteiger partial charge in [0.25, 0.3) is 10.0 Å². The summed E-state index contributed by atoms with van der Waals surface area (Å²) in [5.41, 5.74) is 1.29. The van der Waals surface area contributed by atoms with Crippen molar-refractivity contribution >= 4 is 39.1 Å². The summed E-state index contributed by atoms with van der Waals surface area (Å²) in [5.74, 6) is -1.24. The van der Waals surface area contributed by atoms with Crippen molar-refractivity contribution in [3.05, 3.63) is 84.2 Å². The minimum atomic E-state index is -4.02. The van der Waals surface area contributed by atoms with Crippen molar-refractivity contribution in [1.29, 1.82) is 0 Å². The Morgan fingerprint density at radius 2 is 1.63 bits per heavy atom. The maximum atomic E-state index is 13.9. The number of benzene rings is 3. The zero-order chi connectivity index (χ0) is 21.7. The van der Waals surface area contributed by atoms with Gasteiger partial charge in [0.2, 0.25) is 5.91 Å². The fraction of sp³-hybridized carbons (Fsp3) is 0.136. The lowest BCUT2D eigenvalue weighted by atomic mass is 10.2. The molecule has 30 heavy (non-hydrogen) atoms. The molecular weight excluding hydrogens is 423 g/mol. The Morgan fingerprint density at radius 1 is 1.00 bits per heavy atom. The fourth-order valence-corrected chi connectivity index (χ4v) is 4.61. The highest BCUT2D eigenvalue weighted by Crippen LogP contribution is 2.26. The number of para-hydroxylation sites is 1. The molecule has 0 spiro atoms. The molecule has 0 heterocycles. The minimum absolute atomic E-state index is 0.00641. The van der Waals surface area contributed by atoms with Gasteiger partial charge in [-0.15, -0.1) is 11.8 Å². The van der Waals surface area contributed by atoms with Crippen LogP contribution in [0.1, 0.15) is 5.56 Å². The third kappa shape index (κ3) is 5.01. The summed E-state index contributed by atoms with van der Waals surface area (Å²) in [6.07, 6.45) is 1.90. The Bertz CT molecular complexity index is 1130. The number of hydrogen-bond donors (Lipinski definition) is 1. The monoisotopic (exact) mass is 444 g/mol. The molecule has 0 bridgehead atoms. The number of carbonyl (C=O) groups is 1. The molecule has 3 aromatic rings. The highest BCUT2D eigenvalue weighted by atomic mass is 32.2. The number of amides is 1. The van der Waals surface area contributed by atoms with Crippen LogP contribution in [0.15, 0.2) is 82.6 Å². The standard InChI is InChI=1S/C22H21FN2O3S2/c1-16-7-9-17(10-8-16)25(15-22(26)24-21-6-4-3-5-20(21)23)30(27,28)19-13-11-18(29-2)12-14-19/h3-14H,15H2,1-2H3,(H,24,26). The van der Waals surface area contributed by atoms with Crippen molar-refractivity contribution in [3.8, 4) is 0 Å². The van der Waals surface area contributed by atoms with E-state index < -0.39 is 28.3 Å². The van der Waals surface area contributed by atoms with E-state index in [1.165, 1.54) is 42.1 Å². The normalized spacial score (nSPS) is 11.2. The number of anilines is 2. The summed E-state index contributed by atoms with van der Waals surface area (Å²) in [6, 6.07) is 19.0. The maximum Gasteiger partial charge on any atom is 0.264 e. The molecule has 3 aromatic carbocycles. The van der Waals surface area contributed by atoms with Gasteiger partial charge in [0.15, 0.2) is 0 Å². The molecule has 0 aliphatic carbocycles. The van der Waals surface area contributed by atoms with Crippen molar-refractivity contribution in [1.82, 2.24) is 0 Å². The minimum Gasteiger partial charge on any atom is -0.322 e. The zero-order valence-corrected chi connectivity index (χ0v) is 18.1. The molecule has 3 rings (SSSR count). The Balaban J connectivity index is 1.94. The summed E-state index contributed by atoms with van der Waals surface area (Å²) in [5, 5.41) is 2.44. The Labute approximate surface area is 180 Å². The number of rotatable bonds is 7. The number of carbonyl (C=O) groups excluding carboxylic acids is 1. The van der Waals surface area contributed by atoms with Gasteiger partial charge in [-0.1, -0.05) is 29.8 Å². The van der Waals surface area contributed by atoms with Gasteiger partial charge < -0.3 is 5.32 Å². The van der Waals surface area contributed by atoms with E-state index in [2.05, 4.69) is 5.32 Å². The number of thioether (sulfide) groups is 1. The molecule has 0 radical (unpaired) electrons. The van der Waals surface area contributed by atoms with E-state index >= 15 is 0 Å². The summed E-state index contributed by atoms with van der Waals surface area (Å²) in [7, 11) is -4.02. The van der Waals surface area contributed by atoms with Crippen LogP contribution in [0.25, 0.3) is 0 Å². The first-order valence-electron chi connectivity index (χ1n) is 9.09. The van der Waals surface area contributed by atoms with Gasteiger partial charge in [0, 0.05) is 4.90 Å². The SMILES string of the molecule is CSc1ccc(S(=O)(=O)N(CC(=O)Nc2ccccc2F)c2ccc(C)cc2)cc1. The third-order valence-corrected chi connectivity index (χ3v) is 6.94. The van der Waals surface area contributed by atoms with E-state index in [0.29, 0.717) is 5.69 Å². The van der Waals surface area contributed by atoms with E-state index in [0.717, 1.165) is 14.8 Å². The zero-order valence-electron chi connectivity index (χ0n) is 16.5. The molecule has 0 saturated carbocycles. The Hall–Kier alpha value is -2.84. The van der Waals surface area contributed by atoms with Crippen LogP contribution in [-0.2, 0) is 14.8 Å². The average molecular weight is 445 g/mol. The quantitative estimate of drug-likeness (QED) is 0.537. The lowest BCUT2D eigenvalue weighted by molar-refractivity contribution is -0.114. The highest BCUT2D eigenvalue weighted by molar-refractivity contribution is 7.98. The predicted molar refractivity (Wildman–Crippen MR) is 119 cm³/mol. The number of nitrogens with zero attached hydrogens (tertiary/aromatic N) is 1. The topological polar surface area (TPSA) is 66.5 Å². The van der Waals surface area contributed by atoms with Crippen molar-refractivity contribution in [2.45, 2.75) is 16.7 Å². The molecule has 1 N–H and O–H groups in total. The van der Waals surface area contributed by atoms with Crippen LogP contribution in [-0.4, -0.2) is 27.1 Å². The van der Waals surface area contributed by atoms with Gasteiger partial charge in [-0.25, -0.2) is 12.8 Å². The van der Waals surface area contributed by atoms with Crippen LogP contribution < -0.4 is 9.62 Å². The van der Waals surface area contributed by atoms with Crippen molar-refractivity contribution < 1.29 is 17.6 Å². The van der Waals surface area contributed by atoms with Gasteiger partial charge in [-0.3, -0.25) is 9.10 Å². The molecule has 1 amide bonds. The highest BCUT2D eigenvalue weighted by Gasteiger charge is 2.27. The summed E-state index contributed by atoms with van der Waals surface area (Å²) < 4.78 is 41.6. The molecule has 0 aliphatic heterocycles. The second-order valence-corrected chi connectivity index (χ2v) is 9.29. The second kappa shape index (κ2) is 9.32.